The fourth-order valence-corrected chi connectivity index (χ4v) is 5.45. The number of carbonyl (C=O) groups excluding carboxylic acids is 2. The maximum absolute atomic E-state index is 13.3. The van der Waals surface area contributed by atoms with Crippen molar-refractivity contribution in [2.75, 3.05) is 33.8 Å². The molecule has 1 unspecified atom stereocenters. The van der Waals surface area contributed by atoms with Gasteiger partial charge in [0.15, 0.2) is 25.0 Å². The summed E-state index contributed by atoms with van der Waals surface area (Å²) in [6.07, 6.45) is -4.18. The summed E-state index contributed by atoms with van der Waals surface area (Å²) in [5.41, 5.74) is 1.14. The van der Waals surface area contributed by atoms with Crippen molar-refractivity contribution < 1.29 is 57.7 Å². The molecule has 1 aliphatic heterocycles. The van der Waals surface area contributed by atoms with Crippen molar-refractivity contribution >= 4 is 12.1 Å². The molecule has 13 heteroatoms. The predicted molar refractivity (Wildman–Crippen MR) is 194 cm³/mol. The third kappa shape index (κ3) is 12.7. The van der Waals surface area contributed by atoms with E-state index in [1.807, 2.05) is 88.4 Å². The Bertz CT molecular complexity index is 1540. The standard InChI is InChI=1S/C40H53NO12/c1-6-7-22-47-34-23-40(37(44)46-5,53-36(35(34)43)31(42)26-51-39(2,3)4)52-28-50-33-21-15-14-20-32(33)49-27-41(24-29-16-10-8-11-17-29)38(45)48-25-30-18-12-9-13-19-30/h8-21,31,34-36,42-43H,6-7,22-28H2,1-5H3/t31-,34-,35-,36?,40-/m1/s1. The van der Waals surface area contributed by atoms with Gasteiger partial charge < -0.3 is 48.1 Å². The van der Waals surface area contributed by atoms with Crippen LogP contribution in [0.1, 0.15) is 58.1 Å². The van der Waals surface area contributed by atoms with Crippen LogP contribution in [0, 0.1) is 0 Å². The lowest BCUT2D eigenvalue weighted by molar-refractivity contribution is -0.338. The Kier molecular flexibility index (Phi) is 15.9. The van der Waals surface area contributed by atoms with E-state index in [9.17, 15) is 19.8 Å². The lowest BCUT2D eigenvalue weighted by Crippen LogP contribution is -2.63. The summed E-state index contributed by atoms with van der Waals surface area (Å²) in [4.78, 5) is 28.0. The van der Waals surface area contributed by atoms with Crippen LogP contribution >= 0.6 is 0 Å². The number of methoxy groups -OCH3 is 1. The number of aliphatic hydroxyl groups is 2. The summed E-state index contributed by atoms with van der Waals surface area (Å²) in [7, 11) is 1.18. The average molecular weight is 740 g/mol. The van der Waals surface area contributed by atoms with Crippen molar-refractivity contribution in [3.05, 3.63) is 96.1 Å². The molecule has 0 radical (unpaired) electrons. The van der Waals surface area contributed by atoms with E-state index in [1.54, 1.807) is 24.3 Å². The molecule has 3 aromatic carbocycles. The van der Waals surface area contributed by atoms with E-state index in [-0.39, 0.29) is 44.4 Å². The van der Waals surface area contributed by atoms with Crippen molar-refractivity contribution in [1.29, 1.82) is 0 Å². The van der Waals surface area contributed by atoms with Crippen molar-refractivity contribution in [2.24, 2.45) is 0 Å². The average Bonchev–Trinajstić information content (AvgIpc) is 3.16. The number of aliphatic hydroxyl groups excluding tert-OH is 2. The highest BCUT2D eigenvalue weighted by Crippen LogP contribution is 2.36. The Morgan fingerprint density at radius 2 is 1.57 bits per heavy atom. The van der Waals surface area contributed by atoms with Gasteiger partial charge in [0.2, 0.25) is 0 Å². The number of rotatable bonds is 19. The lowest BCUT2D eigenvalue weighted by Gasteiger charge is -2.45. The Balaban J connectivity index is 1.48. The quantitative estimate of drug-likeness (QED) is 0.0896. The maximum Gasteiger partial charge on any atom is 0.413 e. The number of hydrogen-bond acceptors (Lipinski definition) is 12. The molecule has 1 heterocycles. The highest BCUT2D eigenvalue weighted by Gasteiger charge is 2.56. The fourth-order valence-electron chi connectivity index (χ4n) is 5.45. The number of amides is 1. The smallest absolute Gasteiger partial charge is 0.413 e. The molecule has 4 rings (SSSR count). The van der Waals surface area contributed by atoms with Gasteiger partial charge in [-0.25, -0.2) is 9.59 Å². The van der Waals surface area contributed by atoms with Gasteiger partial charge in [0, 0.05) is 13.0 Å². The molecule has 0 bridgehead atoms. The normalized spacial score (nSPS) is 20.6. The Morgan fingerprint density at radius 1 is 0.943 bits per heavy atom. The van der Waals surface area contributed by atoms with Crippen molar-refractivity contribution in [3.8, 4) is 11.5 Å². The van der Waals surface area contributed by atoms with Gasteiger partial charge in [0.05, 0.1) is 32.0 Å². The third-order valence-electron chi connectivity index (χ3n) is 8.32. The van der Waals surface area contributed by atoms with E-state index in [0.717, 1.165) is 17.5 Å². The molecule has 5 atom stereocenters. The lowest BCUT2D eigenvalue weighted by atomic mass is 9.92. The van der Waals surface area contributed by atoms with Crippen molar-refractivity contribution in [1.82, 2.24) is 4.90 Å². The largest absolute Gasteiger partial charge is 0.469 e. The monoisotopic (exact) mass is 739 g/mol. The summed E-state index contributed by atoms with van der Waals surface area (Å²) in [5, 5.41) is 22.3. The molecular weight excluding hydrogens is 686 g/mol. The van der Waals surface area contributed by atoms with Crippen LogP contribution in [0.2, 0.25) is 0 Å². The molecule has 290 valence electrons. The summed E-state index contributed by atoms with van der Waals surface area (Å²) < 4.78 is 46.5. The first-order valence-corrected chi connectivity index (χ1v) is 17.8. The van der Waals surface area contributed by atoms with Crippen LogP contribution in [-0.4, -0.2) is 96.8 Å². The SMILES string of the molecule is CCCCO[C@@H]1C[C@](OCOc2ccccc2OCN(Cc2ccccc2)C(=O)OCc2ccccc2)(C(=O)OC)OC([C@H](O)COC(C)(C)C)[C@@H]1O. The number of para-hydroxylation sites is 2. The topological polar surface area (TPSA) is 152 Å². The molecule has 0 spiro atoms. The van der Waals surface area contributed by atoms with Crippen LogP contribution in [0.25, 0.3) is 0 Å². The number of benzene rings is 3. The summed E-state index contributed by atoms with van der Waals surface area (Å²) >= 11 is 0. The molecule has 0 aromatic heterocycles. The number of hydrogen-bond donors (Lipinski definition) is 2. The Labute approximate surface area is 311 Å². The van der Waals surface area contributed by atoms with Crippen LogP contribution in [0.4, 0.5) is 4.79 Å². The van der Waals surface area contributed by atoms with Gasteiger partial charge in [-0.15, -0.1) is 0 Å². The zero-order chi connectivity index (χ0) is 38.3. The van der Waals surface area contributed by atoms with Crippen LogP contribution < -0.4 is 9.47 Å². The molecule has 0 aliphatic carbocycles. The van der Waals surface area contributed by atoms with Gasteiger partial charge in [-0.2, -0.15) is 0 Å². The zero-order valence-corrected chi connectivity index (χ0v) is 31.2. The number of ether oxygens (including phenoxy) is 8. The molecule has 0 saturated carbocycles. The van der Waals surface area contributed by atoms with Gasteiger partial charge in [-0.05, 0) is 50.5 Å². The van der Waals surface area contributed by atoms with Crippen LogP contribution in [0.3, 0.4) is 0 Å². The van der Waals surface area contributed by atoms with Gasteiger partial charge >= 0.3 is 12.1 Å². The van der Waals surface area contributed by atoms with Gasteiger partial charge in [0.25, 0.3) is 5.79 Å². The minimum Gasteiger partial charge on any atom is -0.469 e. The Hall–Kier alpha value is -4.24. The highest BCUT2D eigenvalue weighted by atomic mass is 16.8. The number of nitrogens with zero attached hydrogens (tertiary/aromatic N) is 1. The zero-order valence-electron chi connectivity index (χ0n) is 31.2. The predicted octanol–water partition coefficient (Wildman–Crippen LogP) is 5.60. The molecule has 13 nitrogen and oxygen atoms in total. The molecule has 1 aliphatic rings. The molecule has 2 N–H and O–H groups in total. The Morgan fingerprint density at radius 3 is 2.19 bits per heavy atom. The first-order chi connectivity index (χ1) is 25.4. The van der Waals surface area contributed by atoms with E-state index in [4.69, 9.17) is 37.9 Å². The van der Waals surface area contributed by atoms with E-state index < -0.39 is 54.7 Å². The van der Waals surface area contributed by atoms with Gasteiger partial charge in [-0.1, -0.05) is 86.1 Å². The molecular formula is C40H53NO12. The first kappa shape index (κ1) is 41.5. The highest BCUT2D eigenvalue weighted by molar-refractivity contribution is 5.78. The number of carbonyl (C=O) groups is 2. The van der Waals surface area contributed by atoms with Gasteiger partial charge in [0.1, 0.15) is 24.9 Å². The fraction of sp³-hybridized carbons (Fsp3) is 0.500. The van der Waals surface area contributed by atoms with Crippen LogP contribution in [0.5, 0.6) is 11.5 Å². The third-order valence-corrected chi connectivity index (χ3v) is 8.32. The number of esters is 1. The van der Waals surface area contributed by atoms with E-state index in [0.29, 0.717) is 13.0 Å². The first-order valence-electron chi connectivity index (χ1n) is 17.8. The van der Waals surface area contributed by atoms with Crippen LogP contribution in [0.15, 0.2) is 84.9 Å². The van der Waals surface area contributed by atoms with Crippen molar-refractivity contribution in [3.63, 3.8) is 0 Å². The second-order valence-corrected chi connectivity index (χ2v) is 13.6. The summed E-state index contributed by atoms with van der Waals surface area (Å²) in [5.74, 6) is -2.48. The van der Waals surface area contributed by atoms with Crippen LogP contribution in [-0.2, 0) is 46.4 Å². The summed E-state index contributed by atoms with van der Waals surface area (Å²) in [6.45, 7) is 7.21. The minimum atomic E-state index is -2.11. The molecule has 1 fully saturated rings. The maximum atomic E-state index is 13.3. The van der Waals surface area contributed by atoms with E-state index >= 15 is 0 Å². The molecule has 1 amide bonds. The second-order valence-electron chi connectivity index (χ2n) is 13.6. The van der Waals surface area contributed by atoms with Crippen molar-refractivity contribution in [2.45, 2.75) is 95.9 Å². The van der Waals surface area contributed by atoms with Gasteiger partial charge in [-0.3, -0.25) is 4.90 Å². The minimum absolute atomic E-state index is 0.0923. The molecule has 53 heavy (non-hydrogen) atoms. The summed E-state index contributed by atoms with van der Waals surface area (Å²) in [6, 6.07) is 25.6. The second kappa shape index (κ2) is 20.3. The van der Waals surface area contributed by atoms with E-state index in [1.165, 1.54) is 12.0 Å². The number of unbranched alkanes of at least 4 members (excludes halogenated alkanes) is 1. The molecule has 1 saturated heterocycles. The van der Waals surface area contributed by atoms with E-state index in [2.05, 4.69) is 0 Å². The molecule has 3 aromatic rings.